The first-order valence-electron chi connectivity index (χ1n) is 4.39. The Hall–Kier alpha value is -1.95. The molecule has 0 radical (unpaired) electrons. The Morgan fingerprint density at radius 1 is 1.53 bits per heavy atom. The second-order valence-electron chi connectivity index (χ2n) is 2.98. The first kappa shape index (κ1) is 9.60. The molecule has 0 aliphatic heterocycles. The molecule has 78 valence electrons. The zero-order valence-corrected chi connectivity index (χ0v) is 8.15. The molecule has 1 amide bonds. The highest BCUT2D eigenvalue weighted by Crippen LogP contribution is 2.18. The predicted octanol–water partition coefficient (Wildman–Crippen LogP) is 0.543. The molecule has 0 aliphatic carbocycles. The Kier molecular flexibility index (Phi) is 2.59. The number of hydrogen-bond acceptors (Lipinski definition) is 4. The number of aromatic amines is 1. The second-order valence-corrected chi connectivity index (χ2v) is 2.98. The quantitative estimate of drug-likeness (QED) is 0.768. The molecular formula is C9H10N4O2. The van der Waals surface area contributed by atoms with Crippen LogP contribution in [0.4, 0.5) is 5.69 Å². The van der Waals surface area contributed by atoms with Gasteiger partial charge < -0.3 is 10.1 Å². The van der Waals surface area contributed by atoms with E-state index in [0.29, 0.717) is 16.7 Å². The monoisotopic (exact) mass is 206 g/mol. The van der Waals surface area contributed by atoms with Crippen LogP contribution in [-0.2, 0) is 9.53 Å². The number of hydrogen-bond donors (Lipinski definition) is 2. The van der Waals surface area contributed by atoms with Crippen LogP contribution in [0.2, 0.25) is 0 Å². The summed E-state index contributed by atoms with van der Waals surface area (Å²) < 4.78 is 4.71. The highest BCUT2D eigenvalue weighted by Gasteiger charge is 2.07. The lowest BCUT2D eigenvalue weighted by Crippen LogP contribution is -2.17. The summed E-state index contributed by atoms with van der Waals surface area (Å²) in [7, 11) is 1.47. The van der Waals surface area contributed by atoms with Crippen LogP contribution >= 0.6 is 0 Å². The van der Waals surface area contributed by atoms with Gasteiger partial charge in [-0.2, -0.15) is 15.4 Å². The fourth-order valence-corrected chi connectivity index (χ4v) is 1.29. The Labute approximate surface area is 85.6 Å². The van der Waals surface area contributed by atoms with Crippen molar-refractivity contribution in [3.63, 3.8) is 0 Å². The molecule has 0 spiro atoms. The molecule has 0 saturated heterocycles. The van der Waals surface area contributed by atoms with Gasteiger partial charge in [-0.05, 0) is 12.1 Å². The number of para-hydroxylation sites is 1. The molecule has 0 bridgehead atoms. The van der Waals surface area contributed by atoms with Gasteiger partial charge in [0.2, 0.25) is 5.91 Å². The molecule has 15 heavy (non-hydrogen) atoms. The van der Waals surface area contributed by atoms with Gasteiger partial charge in [-0.15, -0.1) is 0 Å². The van der Waals surface area contributed by atoms with E-state index in [1.54, 1.807) is 12.1 Å². The van der Waals surface area contributed by atoms with Crippen LogP contribution in [0, 0.1) is 0 Å². The normalized spacial score (nSPS) is 10.5. The van der Waals surface area contributed by atoms with E-state index in [1.165, 1.54) is 7.11 Å². The summed E-state index contributed by atoms with van der Waals surface area (Å²) in [6, 6.07) is 5.37. The topological polar surface area (TPSA) is 79.9 Å². The van der Waals surface area contributed by atoms with Crippen molar-refractivity contribution in [2.75, 3.05) is 19.0 Å². The van der Waals surface area contributed by atoms with Gasteiger partial charge in [0.25, 0.3) is 0 Å². The van der Waals surface area contributed by atoms with Crippen LogP contribution in [0.5, 0.6) is 0 Å². The Morgan fingerprint density at radius 2 is 2.40 bits per heavy atom. The van der Waals surface area contributed by atoms with E-state index < -0.39 is 0 Å². The number of carbonyl (C=O) groups excluding carboxylic acids is 1. The van der Waals surface area contributed by atoms with Gasteiger partial charge >= 0.3 is 0 Å². The number of ether oxygens (including phenoxy) is 1. The third-order valence-corrected chi connectivity index (χ3v) is 1.90. The van der Waals surface area contributed by atoms with Crippen molar-refractivity contribution < 1.29 is 9.53 Å². The highest BCUT2D eigenvalue weighted by atomic mass is 16.5. The maximum absolute atomic E-state index is 11.3. The number of amides is 1. The lowest BCUT2D eigenvalue weighted by molar-refractivity contribution is -0.119. The van der Waals surface area contributed by atoms with E-state index in [-0.39, 0.29) is 12.5 Å². The van der Waals surface area contributed by atoms with E-state index in [1.807, 2.05) is 6.07 Å². The number of aromatic nitrogens is 3. The molecule has 1 aromatic heterocycles. The van der Waals surface area contributed by atoms with Gasteiger partial charge in [-0.25, -0.2) is 0 Å². The van der Waals surface area contributed by atoms with Gasteiger partial charge in [0.1, 0.15) is 17.6 Å². The van der Waals surface area contributed by atoms with E-state index in [4.69, 9.17) is 4.74 Å². The lowest BCUT2D eigenvalue weighted by Gasteiger charge is -2.03. The van der Waals surface area contributed by atoms with Crippen LogP contribution < -0.4 is 5.32 Å². The third kappa shape index (κ3) is 1.94. The largest absolute Gasteiger partial charge is 0.375 e. The number of nitrogens with zero attached hydrogens (tertiary/aromatic N) is 2. The van der Waals surface area contributed by atoms with Crippen LogP contribution in [0.3, 0.4) is 0 Å². The smallest absolute Gasteiger partial charge is 0.250 e. The number of fused-ring (bicyclic) bond motifs is 1. The number of nitrogens with one attached hydrogen (secondary N) is 2. The zero-order valence-electron chi connectivity index (χ0n) is 8.15. The average molecular weight is 206 g/mol. The van der Waals surface area contributed by atoms with Gasteiger partial charge in [0.15, 0.2) is 0 Å². The van der Waals surface area contributed by atoms with E-state index >= 15 is 0 Å². The number of H-pyrrole nitrogens is 1. The maximum Gasteiger partial charge on any atom is 0.250 e. The van der Waals surface area contributed by atoms with E-state index in [0.717, 1.165) is 0 Å². The molecule has 2 rings (SSSR count). The van der Waals surface area contributed by atoms with Gasteiger partial charge in [-0.3, -0.25) is 4.79 Å². The number of rotatable bonds is 3. The number of carbonyl (C=O) groups is 1. The van der Waals surface area contributed by atoms with Crippen LogP contribution in [0.15, 0.2) is 18.2 Å². The summed E-state index contributed by atoms with van der Waals surface area (Å²) in [4.78, 5) is 11.3. The molecule has 6 nitrogen and oxygen atoms in total. The predicted molar refractivity (Wildman–Crippen MR) is 54.4 cm³/mol. The molecule has 0 unspecified atom stereocenters. The van der Waals surface area contributed by atoms with Crippen LogP contribution in [0.25, 0.3) is 11.0 Å². The van der Waals surface area contributed by atoms with Gasteiger partial charge in [-0.1, -0.05) is 6.07 Å². The molecule has 1 heterocycles. The first-order valence-corrected chi connectivity index (χ1v) is 4.39. The van der Waals surface area contributed by atoms with Gasteiger partial charge in [0.05, 0.1) is 5.69 Å². The number of anilines is 1. The standard InChI is InChI=1S/C9H10N4O2/c1-15-5-8(14)10-6-3-2-4-7-9(6)12-13-11-7/h2-4H,5H2,1H3,(H,10,14)(H,11,12,13). The van der Waals surface area contributed by atoms with Crippen molar-refractivity contribution in [2.45, 2.75) is 0 Å². The molecule has 0 aliphatic rings. The molecule has 0 atom stereocenters. The zero-order chi connectivity index (χ0) is 10.7. The molecule has 2 aromatic rings. The van der Waals surface area contributed by atoms with Crippen molar-refractivity contribution in [1.29, 1.82) is 0 Å². The minimum atomic E-state index is -0.215. The second kappa shape index (κ2) is 4.05. The number of methoxy groups -OCH3 is 1. The van der Waals surface area contributed by atoms with Crippen molar-refractivity contribution in [3.8, 4) is 0 Å². The molecule has 2 N–H and O–H groups in total. The summed E-state index contributed by atoms with van der Waals surface area (Å²) in [6.07, 6.45) is 0. The summed E-state index contributed by atoms with van der Waals surface area (Å²) in [6.45, 7) is 0.0221. The minimum absolute atomic E-state index is 0.0221. The summed E-state index contributed by atoms with van der Waals surface area (Å²) in [5.41, 5.74) is 1.98. The molecular weight excluding hydrogens is 196 g/mol. The third-order valence-electron chi connectivity index (χ3n) is 1.90. The summed E-state index contributed by atoms with van der Waals surface area (Å²) in [5, 5.41) is 13.0. The van der Waals surface area contributed by atoms with Crippen LogP contribution in [0.1, 0.15) is 0 Å². The lowest BCUT2D eigenvalue weighted by atomic mass is 10.2. The highest BCUT2D eigenvalue weighted by molar-refractivity contribution is 5.99. The fraction of sp³-hybridized carbons (Fsp3) is 0.222. The average Bonchev–Trinajstić information content (AvgIpc) is 2.67. The van der Waals surface area contributed by atoms with Crippen molar-refractivity contribution >= 4 is 22.6 Å². The summed E-state index contributed by atoms with van der Waals surface area (Å²) in [5.74, 6) is -0.215. The minimum Gasteiger partial charge on any atom is -0.375 e. The van der Waals surface area contributed by atoms with Gasteiger partial charge in [0, 0.05) is 7.11 Å². The molecule has 6 heteroatoms. The first-order chi connectivity index (χ1) is 7.31. The molecule has 0 saturated carbocycles. The van der Waals surface area contributed by atoms with Crippen molar-refractivity contribution in [1.82, 2.24) is 15.4 Å². The van der Waals surface area contributed by atoms with E-state index in [2.05, 4.69) is 20.7 Å². The Balaban J connectivity index is 2.27. The number of benzene rings is 1. The summed E-state index contributed by atoms with van der Waals surface area (Å²) >= 11 is 0. The Bertz CT molecular complexity index is 480. The van der Waals surface area contributed by atoms with Crippen molar-refractivity contribution in [2.24, 2.45) is 0 Å². The maximum atomic E-state index is 11.3. The molecule has 0 fully saturated rings. The van der Waals surface area contributed by atoms with E-state index in [9.17, 15) is 4.79 Å². The Morgan fingerprint density at radius 3 is 3.20 bits per heavy atom. The molecule has 1 aromatic carbocycles. The van der Waals surface area contributed by atoms with Crippen molar-refractivity contribution in [3.05, 3.63) is 18.2 Å². The van der Waals surface area contributed by atoms with Crippen LogP contribution in [-0.4, -0.2) is 35.0 Å². The SMILES string of the molecule is COCC(=O)Nc1cccc2n[nH]nc12. The fourth-order valence-electron chi connectivity index (χ4n) is 1.29.